The number of nitrogen functional groups attached to an aromatic ring is 1. The second kappa shape index (κ2) is 12.8. The number of esters is 2. The van der Waals surface area contributed by atoms with Crippen LogP contribution in [0, 0.1) is 5.92 Å². The second-order valence-corrected chi connectivity index (χ2v) is 12.6. The highest BCUT2D eigenvalue weighted by atomic mass is 31.2. The molecule has 13 heteroatoms. The molecule has 2 aromatic heterocycles. The average molecular weight is 541 g/mol. The van der Waals surface area contributed by atoms with E-state index in [1.54, 1.807) is 64.7 Å². The lowest BCUT2D eigenvalue weighted by Crippen LogP contribution is -2.51. The number of carbonyl (C=O) groups excluding carboxylic acids is 2. The average Bonchev–Trinajstić information content (AvgIpc) is 3.19. The zero-order valence-corrected chi connectivity index (χ0v) is 23.9. The van der Waals surface area contributed by atoms with E-state index in [9.17, 15) is 14.2 Å². The van der Waals surface area contributed by atoms with Gasteiger partial charge < -0.3 is 24.5 Å². The van der Waals surface area contributed by atoms with Gasteiger partial charge in [0.05, 0.1) is 37.4 Å². The number of rotatable bonds is 14. The summed E-state index contributed by atoms with van der Waals surface area (Å²) >= 11 is 0. The Hall–Kier alpha value is -2.53. The quantitative estimate of drug-likeness (QED) is 0.239. The largest absolute Gasteiger partial charge is 0.464 e. The highest BCUT2D eigenvalue weighted by molar-refractivity contribution is 7.59. The fourth-order valence-corrected chi connectivity index (χ4v) is 5.77. The topological polar surface area (TPSA) is 160 Å². The molecule has 37 heavy (non-hydrogen) atoms. The third-order valence-corrected chi connectivity index (χ3v) is 7.39. The van der Waals surface area contributed by atoms with Gasteiger partial charge in [-0.05, 0) is 53.5 Å². The molecule has 0 amide bonds. The summed E-state index contributed by atoms with van der Waals surface area (Å²) in [5, 5.41) is 5.69. The van der Waals surface area contributed by atoms with E-state index in [-0.39, 0.29) is 25.0 Å². The monoisotopic (exact) mass is 540 g/mol. The molecule has 0 saturated carbocycles. The van der Waals surface area contributed by atoms with Crippen LogP contribution in [-0.2, 0) is 34.9 Å². The van der Waals surface area contributed by atoms with E-state index in [1.165, 1.54) is 0 Å². The first-order valence-corrected chi connectivity index (χ1v) is 14.2. The van der Waals surface area contributed by atoms with Crippen LogP contribution in [0.1, 0.15) is 55.4 Å². The van der Waals surface area contributed by atoms with Crippen molar-refractivity contribution in [2.24, 2.45) is 5.92 Å². The molecule has 1 unspecified atom stereocenters. The number of fused-ring (bicyclic) bond motifs is 1. The summed E-state index contributed by atoms with van der Waals surface area (Å²) in [6.45, 7) is 14.4. The van der Waals surface area contributed by atoms with Gasteiger partial charge in [0, 0.05) is 6.20 Å². The van der Waals surface area contributed by atoms with Crippen molar-refractivity contribution in [3.8, 4) is 0 Å². The minimum atomic E-state index is -3.68. The number of nitrogens with one attached hydrogen (secondary N) is 2. The first kappa shape index (κ1) is 30.7. The number of imidazole rings is 1. The molecule has 2 heterocycles. The highest BCUT2D eigenvalue weighted by Crippen LogP contribution is 2.40. The molecule has 0 aliphatic rings. The lowest BCUT2D eigenvalue weighted by molar-refractivity contribution is -0.153. The Balaban J connectivity index is 2.17. The van der Waals surface area contributed by atoms with Gasteiger partial charge in [0.2, 0.25) is 7.44 Å². The van der Waals surface area contributed by atoms with Crippen LogP contribution in [0.25, 0.3) is 11.2 Å². The predicted molar refractivity (Wildman–Crippen MR) is 142 cm³/mol. The molecule has 2 rings (SSSR count). The summed E-state index contributed by atoms with van der Waals surface area (Å²) < 4.78 is 32.4. The zero-order valence-electron chi connectivity index (χ0n) is 23.0. The van der Waals surface area contributed by atoms with Crippen molar-refractivity contribution in [2.45, 2.75) is 85.7 Å². The fraction of sp³-hybridized carbons (Fsp3) is 0.667. The Bertz CT molecular complexity index is 1120. The summed E-state index contributed by atoms with van der Waals surface area (Å²) in [6, 6.07) is 0.754. The maximum atomic E-state index is 14.0. The van der Waals surface area contributed by atoms with E-state index >= 15 is 0 Å². The molecule has 208 valence electrons. The molecule has 2 aromatic rings. The number of pyridine rings is 1. The van der Waals surface area contributed by atoms with Crippen molar-refractivity contribution in [3.63, 3.8) is 0 Å². The van der Waals surface area contributed by atoms with Crippen LogP contribution in [-0.4, -0.2) is 63.2 Å². The molecule has 0 bridgehead atoms. The van der Waals surface area contributed by atoms with Crippen molar-refractivity contribution >= 4 is 36.2 Å². The van der Waals surface area contributed by atoms with Gasteiger partial charge in [0.15, 0.2) is 5.65 Å². The predicted octanol–water partition coefficient (Wildman–Crippen LogP) is 3.07. The van der Waals surface area contributed by atoms with Crippen molar-refractivity contribution in [1.29, 1.82) is 0 Å². The van der Waals surface area contributed by atoms with Gasteiger partial charge in [-0.3, -0.25) is 14.2 Å². The molecular weight excluding hydrogens is 499 g/mol. The molecule has 0 aliphatic carbocycles. The summed E-state index contributed by atoms with van der Waals surface area (Å²) in [4.78, 5) is 33.8. The van der Waals surface area contributed by atoms with E-state index < -0.39 is 37.1 Å². The van der Waals surface area contributed by atoms with Crippen LogP contribution in [0.15, 0.2) is 18.6 Å². The molecule has 0 radical (unpaired) electrons. The Morgan fingerprint density at radius 2 is 1.84 bits per heavy atom. The van der Waals surface area contributed by atoms with Gasteiger partial charge in [-0.25, -0.2) is 20.1 Å². The minimum Gasteiger partial charge on any atom is -0.464 e. The lowest BCUT2D eigenvalue weighted by atomic mass is 10.1. The molecule has 3 atom stereocenters. The van der Waals surface area contributed by atoms with Crippen LogP contribution < -0.4 is 15.9 Å². The van der Waals surface area contributed by atoms with Crippen LogP contribution in [0.3, 0.4) is 0 Å². The number of ether oxygens (including phenoxy) is 3. The number of hydrogen-bond acceptors (Lipinski definition) is 9. The SMILES string of the molecule is CC(C)COC(=O)[C@@H](C)NP(=O)(CO[C@H](C)Cn1cnc2c(N)ccnc21)NC(C)(C)C(=O)OC(C)C. The van der Waals surface area contributed by atoms with Crippen LogP contribution in [0.5, 0.6) is 0 Å². The summed E-state index contributed by atoms with van der Waals surface area (Å²) in [6.07, 6.45) is 2.13. The Morgan fingerprint density at radius 1 is 1.16 bits per heavy atom. The number of hydrogen-bond donors (Lipinski definition) is 3. The van der Waals surface area contributed by atoms with Gasteiger partial charge in [-0.1, -0.05) is 13.8 Å². The Morgan fingerprint density at radius 3 is 2.46 bits per heavy atom. The Labute approximate surface area is 218 Å². The zero-order chi connectivity index (χ0) is 28.0. The fourth-order valence-electron chi connectivity index (χ4n) is 3.38. The van der Waals surface area contributed by atoms with Gasteiger partial charge in [-0.2, -0.15) is 0 Å². The van der Waals surface area contributed by atoms with E-state index in [1.807, 2.05) is 13.8 Å². The van der Waals surface area contributed by atoms with Crippen LogP contribution >= 0.6 is 7.44 Å². The Kier molecular flexibility index (Phi) is 10.6. The summed E-state index contributed by atoms with van der Waals surface area (Å²) in [7, 11) is -3.68. The lowest BCUT2D eigenvalue weighted by Gasteiger charge is -2.32. The number of carbonyl (C=O) groups is 2. The van der Waals surface area contributed by atoms with E-state index in [0.29, 0.717) is 23.4 Å². The van der Waals surface area contributed by atoms with Crippen LogP contribution in [0.4, 0.5) is 5.69 Å². The first-order valence-electron chi connectivity index (χ1n) is 12.3. The standard InChI is InChI=1S/C24H41N6O6P/c1-15(2)12-34-22(31)18(6)28-37(33,29-24(7,8)23(32)36-16(3)4)14-35-17(5)11-30-13-27-20-19(25)9-10-26-21(20)30/h9-10,13,15-18H,11-12,14H2,1-8H3,(H2,25,26)(H2,28,29,33)/t17-,18-,37?/m1/s1. The van der Waals surface area contributed by atoms with E-state index in [0.717, 1.165) is 0 Å². The van der Waals surface area contributed by atoms with Crippen molar-refractivity contribution in [2.75, 3.05) is 18.7 Å². The van der Waals surface area contributed by atoms with Gasteiger partial charge in [0.1, 0.15) is 23.4 Å². The van der Waals surface area contributed by atoms with Crippen LogP contribution in [0.2, 0.25) is 0 Å². The van der Waals surface area contributed by atoms with Crippen molar-refractivity contribution in [3.05, 3.63) is 18.6 Å². The first-order chi connectivity index (χ1) is 17.1. The third kappa shape index (κ3) is 9.07. The second-order valence-electron chi connectivity index (χ2n) is 10.4. The summed E-state index contributed by atoms with van der Waals surface area (Å²) in [5.74, 6) is -0.986. The maximum Gasteiger partial charge on any atom is 0.326 e. The smallest absolute Gasteiger partial charge is 0.326 e. The molecule has 0 saturated heterocycles. The third-order valence-electron chi connectivity index (χ3n) is 5.16. The normalized spacial score (nSPS) is 15.5. The summed E-state index contributed by atoms with van der Waals surface area (Å²) in [5.41, 5.74) is 6.34. The van der Waals surface area contributed by atoms with Crippen molar-refractivity contribution in [1.82, 2.24) is 24.7 Å². The molecule has 12 nitrogen and oxygen atoms in total. The van der Waals surface area contributed by atoms with E-state index in [4.69, 9.17) is 19.9 Å². The molecule has 4 N–H and O–H groups in total. The number of nitrogens with zero attached hydrogens (tertiary/aromatic N) is 3. The molecular formula is C24H41N6O6P. The molecule has 0 aromatic carbocycles. The number of aromatic nitrogens is 3. The highest BCUT2D eigenvalue weighted by Gasteiger charge is 2.39. The maximum absolute atomic E-state index is 14.0. The van der Waals surface area contributed by atoms with Gasteiger partial charge >= 0.3 is 11.9 Å². The molecule has 0 aliphatic heterocycles. The van der Waals surface area contributed by atoms with Gasteiger partial charge in [-0.15, -0.1) is 0 Å². The van der Waals surface area contributed by atoms with E-state index in [2.05, 4.69) is 20.1 Å². The van der Waals surface area contributed by atoms with Crippen molar-refractivity contribution < 1.29 is 28.4 Å². The molecule has 0 fully saturated rings. The number of anilines is 1. The number of nitrogens with two attached hydrogens (primary N) is 1. The van der Waals surface area contributed by atoms with Gasteiger partial charge in [0.25, 0.3) is 0 Å². The minimum absolute atomic E-state index is 0.152. The molecule has 0 spiro atoms.